The molecule has 0 spiro atoms. The van der Waals surface area contributed by atoms with Crippen molar-refractivity contribution in [2.45, 2.75) is 26.7 Å². The maximum absolute atomic E-state index is 4.01. The van der Waals surface area contributed by atoms with E-state index < -0.39 is 7.26 Å². The first-order chi connectivity index (χ1) is 14.6. The van der Waals surface area contributed by atoms with Gasteiger partial charge in [-0.25, -0.2) is 0 Å². The average molecular weight is 416 g/mol. The van der Waals surface area contributed by atoms with Crippen molar-refractivity contribution in [3.8, 4) is 0 Å². The summed E-state index contributed by atoms with van der Waals surface area (Å²) >= 11 is 0. The molecule has 0 saturated carbocycles. The molecule has 1 nitrogen and oxygen atoms in total. The third-order valence-electron chi connectivity index (χ3n) is 5.66. The van der Waals surface area contributed by atoms with Crippen molar-refractivity contribution >= 4 is 23.2 Å². The molecule has 0 aliphatic heterocycles. The van der Waals surface area contributed by atoms with E-state index in [4.69, 9.17) is 0 Å². The van der Waals surface area contributed by atoms with E-state index in [9.17, 15) is 0 Å². The van der Waals surface area contributed by atoms with Crippen LogP contribution >= 0.6 is 7.26 Å². The van der Waals surface area contributed by atoms with E-state index in [-0.39, 0.29) is 0 Å². The Balaban J connectivity index is 1.94. The van der Waals surface area contributed by atoms with Crippen molar-refractivity contribution in [3.63, 3.8) is 0 Å². The van der Waals surface area contributed by atoms with Gasteiger partial charge in [0.2, 0.25) is 0 Å². The van der Waals surface area contributed by atoms with Gasteiger partial charge >= 0.3 is 183 Å². The normalized spacial score (nSPS) is 12.5. The first-order valence-electron chi connectivity index (χ1n) is 10.8. The fourth-order valence-corrected chi connectivity index (χ4v) is 8.46. The van der Waals surface area contributed by atoms with E-state index >= 15 is 0 Å². The minimum atomic E-state index is -2.19. The van der Waals surface area contributed by atoms with Gasteiger partial charge in [-0.1, -0.05) is 0 Å². The first-order valence-corrected chi connectivity index (χ1v) is 13.0. The second-order valence-electron chi connectivity index (χ2n) is 8.15. The molecule has 0 bridgehead atoms. The van der Waals surface area contributed by atoms with E-state index in [2.05, 4.69) is 123 Å². The van der Waals surface area contributed by atoms with Gasteiger partial charge in [0.15, 0.2) is 0 Å². The van der Waals surface area contributed by atoms with Crippen LogP contribution in [-0.4, -0.2) is 12.8 Å². The number of benzene rings is 3. The van der Waals surface area contributed by atoms with Crippen LogP contribution in [0.2, 0.25) is 0 Å². The predicted octanol–water partition coefficient (Wildman–Crippen LogP) is 5.56. The Morgan fingerprint density at radius 1 is 0.767 bits per heavy atom. The molecule has 0 aromatic heterocycles. The molecule has 0 atom stereocenters. The van der Waals surface area contributed by atoms with Crippen molar-refractivity contribution < 1.29 is 0 Å². The Morgan fingerprint density at radius 2 is 1.20 bits per heavy atom. The number of allylic oxidation sites excluding steroid dienone is 2. The SMILES string of the molecule is C=C(C)CC/C=C(\C)CNC[PH](c1ccccc1)(c1ccccc1)c1ccccc1. The van der Waals surface area contributed by atoms with Gasteiger partial charge in [-0.3, -0.25) is 0 Å². The van der Waals surface area contributed by atoms with Gasteiger partial charge < -0.3 is 0 Å². The summed E-state index contributed by atoms with van der Waals surface area (Å²) in [6, 6.07) is 33.2. The van der Waals surface area contributed by atoms with Crippen molar-refractivity contribution in [3.05, 3.63) is 115 Å². The number of hydrogen-bond acceptors (Lipinski definition) is 1. The monoisotopic (exact) mass is 415 g/mol. The molecule has 30 heavy (non-hydrogen) atoms. The summed E-state index contributed by atoms with van der Waals surface area (Å²) in [6.45, 7) is 9.24. The predicted molar refractivity (Wildman–Crippen MR) is 137 cm³/mol. The number of rotatable bonds is 10. The molecule has 0 unspecified atom stereocenters. The van der Waals surface area contributed by atoms with Crippen molar-refractivity contribution in [1.29, 1.82) is 0 Å². The summed E-state index contributed by atoms with van der Waals surface area (Å²) < 4.78 is 0. The van der Waals surface area contributed by atoms with Crippen LogP contribution in [0.15, 0.2) is 115 Å². The quantitative estimate of drug-likeness (QED) is 0.338. The summed E-state index contributed by atoms with van der Waals surface area (Å²) in [5.41, 5.74) is 2.64. The van der Waals surface area contributed by atoms with Gasteiger partial charge in [0.25, 0.3) is 0 Å². The Morgan fingerprint density at radius 3 is 1.60 bits per heavy atom. The second-order valence-corrected chi connectivity index (χ2v) is 12.0. The molecule has 3 aromatic rings. The van der Waals surface area contributed by atoms with Crippen LogP contribution in [0.25, 0.3) is 0 Å². The molecular weight excluding hydrogens is 381 g/mol. The zero-order chi connectivity index (χ0) is 21.2. The van der Waals surface area contributed by atoms with Crippen LogP contribution in [-0.2, 0) is 0 Å². The molecular formula is C28H34NP. The second kappa shape index (κ2) is 11.1. The number of nitrogens with one attached hydrogen (secondary N) is 1. The minimum absolute atomic E-state index is 0.914. The summed E-state index contributed by atoms with van der Waals surface area (Å²) in [7, 11) is -2.19. The summed E-state index contributed by atoms with van der Waals surface area (Å²) in [4.78, 5) is 0. The van der Waals surface area contributed by atoms with Gasteiger partial charge in [0.05, 0.1) is 0 Å². The van der Waals surface area contributed by atoms with E-state index in [1.54, 1.807) is 0 Å². The van der Waals surface area contributed by atoms with Crippen LogP contribution in [0, 0.1) is 0 Å². The summed E-state index contributed by atoms with van der Waals surface area (Å²) in [5.74, 6) is 0. The van der Waals surface area contributed by atoms with Crippen LogP contribution in [0.5, 0.6) is 0 Å². The van der Waals surface area contributed by atoms with E-state index in [1.165, 1.54) is 27.1 Å². The molecule has 0 aliphatic carbocycles. The van der Waals surface area contributed by atoms with E-state index in [0.717, 1.165) is 25.7 Å². The van der Waals surface area contributed by atoms with Gasteiger partial charge in [0, 0.05) is 0 Å². The van der Waals surface area contributed by atoms with Crippen LogP contribution in [0.4, 0.5) is 0 Å². The van der Waals surface area contributed by atoms with E-state index in [1.807, 2.05) is 0 Å². The molecule has 2 heteroatoms. The molecule has 0 aliphatic rings. The third-order valence-corrected chi connectivity index (χ3v) is 10.4. The van der Waals surface area contributed by atoms with E-state index in [0.29, 0.717) is 0 Å². The Hall–Kier alpha value is -2.47. The molecule has 0 saturated heterocycles. The average Bonchev–Trinajstić information content (AvgIpc) is 2.78. The molecule has 0 amide bonds. The molecule has 3 rings (SSSR count). The Labute approximate surface area is 182 Å². The maximum atomic E-state index is 4.01. The topological polar surface area (TPSA) is 12.0 Å². The summed E-state index contributed by atoms with van der Waals surface area (Å²) in [5, 5.41) is 8.16. The van der Waals surface area contributed by atoms with Crippen LogP contribution in [0.3, 0.4) is 0 Å². The fourth-order valence-electron chi connectivity index (χ4n) is 4.06. The van der Waals surface area contributed by atoms with Gasteiger partial charge in [-0.15, -0.1) is 0 Å². The standard InChI is InChI=1S/C28H34NP/c1-24(2)14-13-15-25(3)22-29-23-30(26-16-7-4-8-17-26,27-18-9-5-10-19-27)28-20-11-6-12-21-28/h4-12,15-21,29-30H,1,13-14,22-23H2,2-3H3/b25-15+. The zero-order valence-electron chi connectivity index (χ0n) is 18.3. The van der Waals surface area contributed by atoms with Gasteiger partial charge in [-0.05, 0) is 0 Å². The molecule has 156 valence electrons. The molecule has 1 N–H and O–H groups in total. The third kappa shape index (κ3) is 5.57. The van der Waals surface area contributed by atoms with Crippen LogP contribution in [0.1, 0.15) is 26.7 Å². The van der Waals surface area contributed by atoms with Gasteiger partial charge in [0.1, 0.15) is 0 Å². The van der Waals surface area contributed by atoms with Crippen LogP contribution < -0.4 is 21.2 Å². The zero-order valence-corrected chi connectivity index (χ0v) is 19.3. The van der Waals surface area contributed by atoms with Crippen molar-refractivity contribution in [2.75, 3.05) is 12.8 Å². The molecule has 3 aromatic carbocycles. The molecule has 0 fully saturated rings. The fraction of sp³-hybridized carbons (Fsp3) is 0.214. The van der Waals surface area contributed by atoms with Crippen molar-refractivity contribution in [2.24, 2.45) is 0 Å². The Kier molecular flexibility index (Phi) is 8.20. The number of hydrogen-bond donors (Lipinski definition) is 1. The van der Waals surface area contributed by atoms with Crippen molar-refractivity contribution in [1.82, 2.24) is 5.32 Å². The molecule has 0 heterocycles. The van der Waals surface area contributed by atoms with Gasteiger partial charge in [-0.2, -0.15) is 0 Å². The summed E-state index contributed by atoms with van der Waals surface area (Å²) in [6.07, 6.45) is 5.45. The Bertz CT molecular complexity index is 849. The first kappa shape index (κ1) is 22.2. The molecule has 0 radical (unpaired) electrons.